The highest BCUT2D eigenvalue weighted by molar-refractivity contribution is 7.98. The smallest absolute Gasteiger partial charge is 0.270 e. The van der Waals surface area contributed by atoms with Gasteiger partial charge in [-0.25, -0.2) is 4.98 Å². The Kier molecular flexibility index (Phi) is 5.63. The predicted octanol–water partition coefficient (Wildman–Crippen LogP) is 2.02. The molecular formula is C9H14N2OS2. The van der Waals surface area contributed by atoms with E-state index in [-0.39, 0.29) is 5.91 Å². The average molecular weight is 230 g/mol. The zero-order chi connectivity index (χ0) is 10.2. The molecule has 0 saturated heterocycles. The summed E-state index contributed by atoms with van der Waals surface area (Å²) in [4.78, 5) is 15.3. The average Bonchev–Trinajstić information content (AvgIpc) is 2.70. The second kappa shape index (κ2) is 6.84. The first-order valence-corrected chi connectivity index (χ1v) is 6.83. The van der Waals surface area contributed by atoms with Gasteiger partial charge in [-0.2, -0.15) is 11.8 Å². The zero-order valence-electron chi connectivity index (χ0n) is 8.16. The fourth-order valence-corrected chi connectivity index (χ4v) is 2.01. The molecule has 0 saturated carbocycles. The number of amides is 1. The molecule has 0 aliphatic carbocycles. The molecule has 0 aromatic carbocycles. The number of hydrogen-bond donors (Lipinski definition) is 1. The lowest BCUT2D eigenvalue weighted by Crippen LogP contribution is -2.24. The van der Waals surface area contributed by atoms with Crippen LogP contribution < -0.4 is 5.32 Å². The SMILES string of the molecule is CSCCCCNC(=O)c1cscn1. The fourth-order valence-electron chi connectivity index (χ4n) is 0.989. The molecule has 14 heavy (non-hydrogen) atoms. The first-order chi connectivity index (χ1) is 6.84. The summed E-state index contributed by atoms with van der Waals surface area (Å²) in [5, 5.41) is 4.60. The van der Waals surface area contributed by atoms with Crippen molar-refractivity contribution in [1.82, 2.24) is 10.3 Å². The van der Waals surface area contributed by atoms with Crippen molar-refractivity contribution < 1.29 is 4.79 Å². The third-order valence-corrected chi connectivity index (χ3v) is 3.01. The van der Waals surface area contributed by atoms with Gasteiger partial charge in [0.1, 0.15) is 5.69 Å². The van der Waals surface area contributed by atoms with E-state index in [1.54, 1.807) is 10.9 Å². The number of aromatic nitrogens is 1. The maximum Gasteiger partial charge on any atom is 0.270 e. The van der Waals surface area contributed by atoms with Crippen molar-refractivity contribution in [1.29, 1.82) is 0 Å². The first-order valence-electron chi connectivity index (χ1n) is 4.50. The third kappa shape index (κ3) is 4.11. The maximum absolute atomic E-state index is 11.4. The number of carbonyl (C=O) groups is 1. The molecule has 1 N–H and O–H groups in total. The van der Waals surface area contributed by atoms with E-state index in [9.17, 15) is 4.79 Å². The lowest BCUT2D eigenvalue weighted by atomic mass is 10.3. The van der Waals surface area contributed by atoms with Gasteiger partial charge in [0.15, 0.2) is 0 Å². The van der Waals surface area contributed by atoms with Crippen LogP contribution >= 0.6 is 23.1 Å². The van der Waals surface area contributed by atoms with Gasteiger partial charge >= 0.3 is 0 Å². The molecule has 1 amide bonds. The van der Waals surface area contributed by atoms with E-state index < -0.39 is 0 Å². The van der Waals surface area contributed by atoms with Crippen LogP contribution in [0.25, 0.3) is 0 Å². The molecule has 1 heterocycles. The first kappa shape index (κ1) is 11.5. The van der Waals surface area contributed by atoms with Gasteiger partial charge in [0.25, 0.3) is 5.91 Å². The Morgan fingerprint density at radius 3 is 3.14 bits per heavy atom. The van der Waals surface area contributed by atoms with E-state index in [4.69, 9.17) is 0 Å². The lowest BCUT2D eigenvalue weighted by molar-refractivity contribution is 0.0949. The van der Waals surface area contributed by atoms with E-state index in [0.29, 0.717) is 5.69 Å². The Labute approximate surface area is 92.3 Å². The summed E-state index contributed by atoms with van der Waals surface area (Å²) in [6, 6.07) is 0. The van der Waals surface area contributed by atoms with Crippen molar-refractivity contribution in [2.24, 2.45) is 0 Å². The van der Waals surface area contributed by atoms with Crippen molar-refractivity contribution in [3.05, 3.63) is 16.6 Å². The Hall–Kier alpha value is -0.550. The van der Waals surface area contributed by atoms with Crippen LogP contribution in [0.4, 0.5) is 0 Å². The van der Waals surface area contributed by atoms with Crippen molar-refractivity contribution in [3.63, 3.8) is 0 Å². The van der Waals surface area contributed by atoms with Gasteiger partial charge in [-0.05, 0) is 24.9 Å². The number of nitrogens with one attached hydrogen (secondary N) is 1. The molecule has 0 bridgehead atoms. The molecule has 78 valence electrons. The molecule has 0 aliphatic rings. The lowest BCUT2D eigenvalue weighted by Gasteiger charge is -2.01. The Bertz CT molecular complexity index is 262. The highest BCUT2D eigenvalue weighted by Gasteiger charge is 2.05. The van der Waals surface area contributed by atoms with Crippen LogP contribution in [0.2, 0.25) is 0 Å². The van der Waals surface area contributed by atoms with Crippen molar-refractivity contribution in [2.45, 2.75) is 12.8 Å². The quantitative estimate of drug-likeness (QED) is 0.760. The Balaban J connectivity index is 2.10. The zero-order valence-corrected chi connectivity index (χ0v) is 9.79. The molecule has 0 fully saturated rings. The van der Waals surface area contributed by atoms with Crippen LogP contribution in [0.5, 0.6) is 0 Å². The Morgan fingerprint density at radius 1 is 1.64 bits per heavy atom. The number of hydrogen-bond acceptors (Lipinski definition) is 4. The fraction of sp³-hybridized carbons (Fsp3) is 0.556. The molecule has 1 aromatic rings. The monoisotopic (exact) mass is 230 g/mol. The van der Waals surface area contributed by atoms with E-state index >= 15 is 0 Å². The third-order valence-electron chi connectivity index (χ3n) is 1.73. The minimum atomic E-state index is -0.0598. The molecule has 3 nitrogen and oxygen atoms in total. The molecule has 0 unspecified atom stereocenters. The Morgan fingerprint density at radius 2 is 2.50 bits per heavy atom. The van der Waals surface area contributed by atoms with Crippen LogP contribution in [-0.2, 0) is 0 Å². The summed E-state index contributed by atoms with van der Waals surface area (Å²) in [5.74, 6) is 1.10. The maximum atomic E-state index is 11.4. The minimum Gasteiger partial charge on any atom is -0.351 e. The number of unbranched alkanes of at least 4 members (excludes halogenated alkanes) is 1. The summed E-state index contributed by atoms with van der Waals surface area (Å²) in [6.07, 6.45) is 4.28. The molecular weight excluding hydrogens is 216 g/mol. The van der Waals surface area contributed by atoms with Crippen molar-refractivity contribution in [2.75, 3.05) is 18.6 Å². The number of thiazole rings is 1. The summed E-state index contributed by atoms with van der Waals surface area (Å²) in [6.45, 7) is 0.747. The minimum absolute atomic E-state index is 0.0598. The van der Waals surface area contributed by atoms with Gasteiger partial charge in [0, 0.05) is 11.9 Å². The molecule has 5 heteroatoms. The number of carbonyl (C=O) groups excluding carboxylic acids is 1. The van der Waals surface area contributed by atoms with Crippen molar-refractivity contribution in [3.8, 4) is 0 Å². The summed E-state index contributed by atoms with van der Waals surface area (Å²) in [7, 11) is 0. The molecule has 1 aromatic heterocycles. The van der Waals surface area contributed by atoms with Crippen LogP contribution in [0.15, 0.2) is 10.9 Å². The van der Waals surface area contributed by atoms with Crippen LogP contribution in [0.1, 0.15) is 23.3 Å². The predicted molar refractivity (Wildman–Crippen MR) is 62.1 cm³/mol. The second-order valence-corrected chi connectivity index (χ2v) is 4.53. The highest BCUT2D eigenvalue weighted by Crippen LogP contribution is 2.01. The summed E-state index contributed by atoms with van der Waals surface area (Å²) >= 11 is 3.27. The van der Waals surface area contributed by atoms with Gasteiger partial charge in [-0.15, -0.1) is 11.3 Å². The number of nitrogens with zero attached hydrogens (tertiary/aromatic N) is 1. The van der Waals surface area contributed by atoms with Gasteiger partial charge < -0.3 is 5.32 Å². The molecule has 0 spiro atoms. The van der Waals surface area contributed by atoms with E-state index in [0.717, 1.165) is 25.1 Å². The molecule has 1 rings (SSSR count). The van der Waals surface area contributed by atoms with Crippen molar-refractivity contribution >= 4 is 29.0 Å². The van der Waals surface area contributed by atoms with Gasteiger partial charge in [-0.1, -0.05) is 0 Å². The van der Waals surface area contributed by atoms with Crippen LogP contribution in [0, 0.1) is 0 Å². The topological polar surface area (TPSA) is 42.0 Å². The molecule has 0 radical (unpaired) electrons. The van der Waals surface area contributed by atoms with Crippen LogP contribution in [-0.4, -0.2) is 29.4 Å². The summed E-state index contributed by atoms with van der Waals surface area (Å²) < 4.78 is 0. The van der Waals surface area contributed by atoms with E-state index in [2.05, 4.69) is 16.6 Å². The second-order valence-electron chi connectivity index (χ2n) is 2.83. The van der Waals surface area contributed by atoms with Crippen LogP contribution in [0.3, 0.4) is 0 Å². The number of thioether (sulfide) groups is 1. The standard InChI is InChI=1S/C9H14N2OS2/c1-13-5-3-2-4-10-9(12)8-6-14-7-11-8/h6-7H,2-5H2,1H3,(H,10,12). The molecule has 0 atom stereocenters. The summed E-state index contributed by atoms with van der Waals surface area (Å²) in [5.41, 5.74) is 2.20. The van der Waals surface area contributed by atoms with Gasteiger partial charge in [-0.3, -0.25) is 4.79 Å². The molecule has 0 aliphatic heterocycles. The van der Waals surface area contributed by atoms with Gasteiger partial charge in [0.05, 0.1) is 5.51 Å². The van der Waals surface area contributed by atoms with Gasteiger partial charge in [0.2, 0.25) is 0 Å². The highest BCUT2D eigenvalue weighted by atomic mass is 32.2. The van der Waals surface area contributed by atoms with E-state index in [1.165, 1.54) is 11.3 Å². The van der Waals surface area contributed by atoms with E-state index in [1.807, 2.05) is 11.8 Å². The largest absolute Gasteiger partial charge is 0.351 e. The normalized spacial score (nSPS) is 10.1. The number of rotatable bonds is 6.